The molecule has 0 aliphatic carbocycles. The van der Waals surface area contributed by atoms with Gasteiger partial charge in [-0.3, -0.25) is 4.79 Å². The summed E-state index contributed by atoms with van der Waals surface area (Å²) in [6.45, 7) is 3.01. The number of benzene rings is 2. The number of nitrogens with one attached hydrogen (secondary N) is 2. The summed E-state index contributed by atoms with van der Waals surface area (Å²) >= 11 is 0. The Labute approximate surface area is 153 Å². The van der Waals surface area contributed by atoms with Gasteiger partial charge in [0.25, 0.3) is 0 Å². The molecule has 26 heavy (non-hydrogen) atoms. The van der Waals surface area contributed by atoms with E-state index in [1.165, 1.54) is 0 Å². The van der Waals surface area contributed by atoms with Crippen LogP contribution in [0.4, 0.5) is 16.2 Å². The maximum absolute atomic E-state index is 12.8. The van der Waals surface area contributed by atoms with Gasteiger partial charge in [0.05, 0.1) is 0 Å². The number of carbonyl (C=O) groups is 2. The maximum Gasteiger partial charge on any atom is 0.319 e. The van der Waals surface area contributed by atoms with Gasteiger partial charge in [-0.2, -0.15) is 0 Å². The minimum absolute atomic E-state index is 0.0811. The summed E-state index contributed by atoms with van der Waals surface area (Å²) in [7, 11) is 0. The number of anilines is 2. The van der Waals surface area contributed by atoms with Gasteiger partial charge in [-0.05, 0) is 43.5 Å². The first-order valence-corrected chi connectivity index (χ1v) is 8.82. The third kappa shape index (κ3) is 4.03. The zero-order chi connectivity index (χ0) is 18.5. The van der Waals surface area contributed by atoms with Crippen LogP contribution in [-0.2, 0) is 11.3 Å². The van der Waals surface area contributed by atoms with Crippen LogP contribution in [0.15, 0.2) is 48.5 Å². The van der Waals surface area contributed by atoms with Gasteiger partial charge >= 0.3 is 6.03 Å². The van der Waals surface area contributed by atoms with Crippen molar-refractivity contribution in [1.29, 1.82) is 0 Å². The molecule has 1 aliphatic rings. The lowest BCUT2D eigenvalue weighted by Gasteiger charge is -2.32. The van der Waals surface area contributed by atoms with Gasteiger partial charge in [-0.1, -0.05) is 35.9 Å². The highest BCUT2D eigenvalue weighted by Crippen LogP contribution is 2.22. The number of para-hydroxylation sites is 1. The predicted molar refractivity (Wildman–Crippen MR) is 103 cm³/mol. The molecule has 136 valence electrons. The summed E-state index contributed by atoms with van der Waals surface area (Å²) in [5, 5.41) is 5.59. The number of nitrogens with two attached hydrogens (primary N) is 1. The molecule has 2 aromatic rings. The number of hydrogen-bond acceptors (Lipinski definition) is 3. The fourth-order valence-corrected chi connectivity index (χ4v) is 3.13. The molecule has 1 unspecified atom stereocenters. The minimum Gasteiger partial charge on any atom is -0.326 e. The Balaban J connectivity index is 1.66. The van der Waals surface area contributed by atoms with Crippen LogP contribution in [0.2, 0.25) is 0 Å². The highest BCUT2D eigenvalue weighted by molar-refractivity contribution is 6.01. The third-order valence-corrected chi connectivity index (χ3v) is 4.58. The summed E-state index contributed by atoms with van der Waals surface area (Å²) in [6, 6.07) is 14.3. The number of piperidine rings is 1. The van der Waals surface area contributed by atoms with Crippen molar-refractivity contribution in [1.82, 2.24) is 5.32 Å². The van der Waals surface area contributed by atoms with E-state index < -0.39 is 12.1 Å². The molecule has 0 bridgehead atoms. The van der Waals surface area contributed by atoms with Crippen molar-refractivity contribution in [2.24, 2.45) is 5.73 Å². The predicted octanol–water partition coefficient (Wildman–Crippen LogP) is 2.77. The molecule has 6 heteroatoms. The van der Waals surface area contributed by atoms with Gasteiger partial charge in [-0.15, -0.1) is 0 Å². The van der Waals surface area contributed by atoms with E-state index in [1.807, 2.05) is 49.4 Å². The van der Waals surface area contributed by atoms with Crippen LogP contribution in [0.3, 0.4) is 0 Å². The summed E-state index contributed by atoms with van der Waals surface area (Å²) in [5.74, 6) is -0.0811. The van der Waals surface area contributed by atoms with Crippen LogP contribution in [0.5, 0.6) is 0 Å². The van der Waals surface area contributed by atoms with E-state index >= 15 is 0 Å². The summed E-state index contributed by atoms with van der Waals surface area (Å²) in [6.07, 6.45) is 1.47. The first kappa shape index (κ1) is 17.9. The van der Waals surface area contributed by atoms with Crippen LogP contribution in [0, 0.1) is 6.92 Å². The average Bonchev–Trinajstić information content (AvgIpc) is 2.65. The van der Waals surface area contributed by atoms with Crippen molar-refractivity contribution in [3.05, 3.63) is 59.7 Å². The number of aryl methyl sites for hydroxylation is 1. The number of nitrogens with zero attached hydrogens (tertiary/aromatic N) is 1. The molecule has 0 spiro atoms. The lowest BCUT2D eigenvalue weighted by atomic mass is 10.0. The third-order valence-electron chi connectivity index (χ3n) is 4.58. The van der Waals surface area contributed by atoms with Crippen molar-refractivity contribution < 1.29 is 9.59 Å². The molecule has 2 aromatic carbocycles. The molecule has 3 amide bonds. The van der Waals surface area contributed by atoms with Crippen molar-refractivity contribution in [2.75, 3.05) is 16.8 Å². The minimum atomic E-state index is -0.532. The van der Waals surface area contributed by atoms with Gasteiger partial charge in [0, 0.05) is 24.5 Å². The number of amides is 3. The second-order valence-corrected chi connectivity index (χ2v) is 6.48. The molecular weight excluding hydrogens is 328 g/mol. The molecule has 1 fully saturated rings. The lowest BCUT2D eigenvalue weighted by molar-refractivity contribution is -0.121. The monoisotopic (exact) mass is 352 g/mol. The average molecular weight is 352 g/mol. The molecular formula is C20H24N4O2. The highest BCUT2D eigenvalue weighted by Gasteiger charge is 2.30. The van der Waals surface area contributed by atoms with Gasteiger partial charge in [0.2, 0.25) is 5.91 Å². The van der Waals surface area contributed by atoms with E-state index in [0.29, 0.717) is 25.2 Å². The Morgan fingerprint density at radius 1 is 1.19 bits per heavy atom. The SMILES string of the molecule is Cc1ccc(N2CCCC(NC(=O)Nc3ccccc3CN)C2=O)cc1. The van der Waals surface area contributed by atoms with Crippen LogP contribution >= 0.6 is 0 Å². The summed E-state index contributed by atoms with van der Waals surface area (Å²) < 4.78 is 0. The topological polar surface area (TPSA) is 87.5 Å². The Morgan fingerprint density at radius 2 is 1.92 bits per heavy atom. The number of hydrogen-bond donors (Lipinski definition) is 3. The molecule has 6 nitrogen and oxygen atoms in total. The second-order valence-electron chi connectivity index (χ2n) is 6.48. The first-order valence-electron chi connectivity index (χ1n) is 8.82. The van der Waals surface area contributed by atoms with Gasteiger partial charge in [0.15, 0.2) is 0 Å². The van der Waals surface area contributed by atoms with Crippen molar-refractivity contribution in [3.8, 4) is 0 Å². The van der Waals surface area contributed by atoms with Gasteiger partial charge in [-0.25, -0.2) is 4.79 Å². The van der Waals surface area contributed by atoms with Gasteiger partial charge in [0.1, 0.15) is 6.04 Å². The molecule has 1 aliphatic heterocycles. The molecule has 1 atom stereocenters. The smallest absolute Gasteiger partial charge is 0.319 e. The van der Waals surface area contributed by atoms with Crippen LogP contribution in [0.25, 0.3) is 0 Å². The number of urea groups is 1. The van der Waals surface area contributed by atoms with Crippen LogP contribution < -0.4 is 21.3 Å². The van der Waals surface area contributed by atoms with Crippen molar-refractivity contribution in [2.45, 2.75) is 32.4 Å². The van der Waals surface area contributed by atoms with E-state index in [0.717, 1.165) is 23.2 Å². The molecule has 3 rings (SSSR count). The Kier molecular flexibility index (Phi) is 5.53. The van der Waals surface area contributed by atoms with E-state index in [9.17, 15) is 9.59 Å². The maximum atomic E-state index is 12.8. The molecule has 0 saturated carbocycles. The Bertz CT molecular complexity index is 789. The zero-order valence-electron chi connectivity index (χ0n) is 14.9. The molecule has 1 saturated heterocycles. The largest absolute Gasteiger partial charge is 0.326 e. The van der Waals surface area contributed by atoms with Crippen LogP contribution in [-0.4, -0.2) is 24.5 Å². The Hall–Kier alpha value is -2.86. The molecule has 1 heterocycles. The van der Waals surface area contributed by atoms with E-state index in [1.54, 1.807) is 11.0 Å². The molecule has 4 N–H and O–H groups in total. The molecule has 0 aromatic heterocycles. The fraction of sp³-hybridized carbons (Fsp3) is 0.300. The lowest BCUT2D eigenvalue weighted by Crippen LogP contribution is -2.53. The van der Waals surface area contributed by atoms with Crippen molar-refractivity contribution in [3.63, 3.8) is 0 Å². The normalized spacial score (nSPS) is 17.1. The zero-order valence-corrected chi connectivity index (χ0v) is 14.9. The summed E-state index contributed by atoms with van der Waals surface area (Å²) in [4.78, 5) is 26.9. The molecule has 0 radical (unpaired) electrons. The fourth-order valence-electron chi connectivity index (χ4n) is 3.13. The summed E-state index contributed by atoms with van der Waals surface area (Å²) in [5.41, 5.74) is 9.20. The van der Waals surface area contributed by atoms with Crippen LogP contribution in [0.1, 0.15) is 24.0 Å². The highest BCUT2D eigenvalue weighted by atomic mass is 16.2. The number of rotatable bonds is 4. The number of carbonyl (C=O) groups excluding carboxylic acids is 2. The quantitative estimate of drug-likeness (QED) is 0.791. The van der Waals surface area contributed by atoms with Gasteiger partial charge < -0.3 is 21.3 Å². The Morgan fingerprint density at radius 3 is 2.65 bits per heavy atom. The standard InChI is InChI=1S/C20H24N4O2/c1-14-8-10-16(11-9-14)24-12-4-7-18(19(24)25)23-20(26)22-17-6-3-2-5-15(17)13-21/h2-3,5-6,8-11,18H,4,7,12-13,21H2,1H3,(H2,22,23,26). The second kappa shape index (κ2) is 8.01. The van der Waals surface area contributed by atoms with E-state index in [4.69, 9.17) is 5.73 Å². The van der Waals surface area contributed by atoms with Crippen molar-refractivity contribution >= 4 is 23.3 Å². The first-order chi connectivity index (χ1) is 12.6. The van der Waals surface area contributed by atoms with E-state index in [2.05, 4.69) is 10.6 Å². The van der Waals surface area contributed by atoms with E-state index in [-0.39, 0.29) is 5.91 Å².